The van der Waals surface area contributed by atoms with Crippen molar-refractivity contribution in [2.24, 2.45) is 0 Å². The molecule has 0 bridgehead atoms. The van der Waals surface area contributed by atoms with Gasteiger partial charge in [0.2, 0.25) is 10.0 Å². The van der Waals surface area contributed by atoms with Crippen LogP contribution in [0.4, 0.5) is 15.8 Å². The highest BCUT2D eigenvalue weighted by Gasteiger charge is 2.23. The molecule has 0 saturated carbocycles. The van der Waals surface area contributed by atoms with Crippen LogP contribution in [0.15, 0.2) is 77.7 Å². The number of nitrogens with zero attached hydrogens (tertiary/aromatic N) is 1. The Labute approximate surface area is 179 Å². The van der Waals surface area contributed by atoms with Gasteiger partial charge in [0.25, 0.3) is 11.8 Å². The molecule has 3 aromatic rings. The molecule has 2 N–H and O–H groups in total. The van der Waals surface area contributed by atoms with Gasteiger partial charge < -0.3 is 10.6 Å². The van der Waals surface area contributed by atoms with E-state index < -0.39 is 26.6 Å². The van der Waals surface area contributed by atoms with Gasteiger partial charge in [0.05, 0.1) is 11.4 Å². The average Bonchev–Trinajstić information content (AvgIpc) is 2.75. The third-order valence-corrected chi connectivity index (χ3v) is 6.24. The number of hydrogen-bond acceptors (Lipinski definition) is 4. The predicted octanol–water partition coefficient (Wildman–Crippen LogP) is 3.58. The molecule has 0 aromatic heterocycles. The Hall–Kier alpha value is -3.56. The second-order valence-corrected chi connectivity index (χ2v) is 8.87. The van der Waals surface area contributed by atoms with Crippen molar-refractivity contribution in [2.75, 3.05) is 24.7 Å². The van der Waals surface area contributed by atoms with Crippen molar-refractivity contribution in [3.05, 3.63) is 89.7 Å². The molecule has 7 nitrogen and oxygen atoms in total. The number of sulfonamides is 1. The topological polar surface area (TPSA) is 95.6 Å². The van der Waals surface area contributed by atoms with Crippen molar-refractivity contribution >= 4 is 33.2 Å². The summed E-state index contributed by atoms with van der Waals surface area (Å²) >= 11 is 0. The fourth-order valence-electron chi connectivity index (χ4n) is 2.72. The van der Waals surface area contributed by atoms with Crippen LogP contribution in [0.3, 0.4) is 0 Å². The summed E-state index contributed by atoms with van der Waals surface area (Å²) in [4.78, 5) is 24.6. The lowest BCUT2D eigenvalue weighted by molar-refractivity contribution is 0.101. The molecule has 0 fully saturated rings. The van der Waals surface area contributed by atoms with Crippen molar-refractivity contribution in [1.29, 1.82) is 0 Å². The van der Waals surface area contributed by atoms with Gasteiger partial charge in [-0.05, 0) is 42.5 Å². The highest BCUT2D eigenvalue weighted by atomic mass is 32.2. The van der Waals surface area contributed by atoms with Crippen LogP contribution in [0, 0.1) is 5.82 Å². The minimum absolute atomic E-state index is 0.0500. The maximum Gasteiger partial charge on any atom is 0.255 e. The van der Waals surface area contributed by atoms with Crippen molar-refractivity contribution < 1.29 is 22.4 Å². The molecule has 0 atom stereocenters. The summed E-state index contributed by atoms with van der Waals surface area (Å²) < 4.78 is 39.6. The van der Waals surface area contributed by atoms with Gasteiger partial charge in [-0.1, -0.05) is 30.3 Å². The first-order valence-corrected chi connectivity index (χ1v) is 10.6. The molecular formula is C22H20FN3O4S. The number of anilines is 2. The molecule has 0 spiro atoms. The van der Waals surface area contributed by atoms with Gasteiger partial charge in [0, 0.05) is 25.2 Å². The molecule has 160 valence electrons. The molecule has 0 heterocycles. The van der Waals surface area contributed by atoms with Crippen molar-refractivity contribution in [1.82, 2.24) is 4.31 Å². The Morgan fingerprint density at radius 2 is 1.29 bits per heavy atom. The van der Waals surface area contributed by atoms with E-state index in [2.05, 4.69) is 10.6 Å². The van der Waals surface area contributed by atoms with Crippen LogP contribution in [0.5, 0.6) is 0 Å². The Bertz CT molecular complexity index is 1230. The van der Waals surface area contributed by atoms with Gasteiger partial charge in [-0.3, -0.25) is 9.59 Å². The van der Waals surface area contributed by atoms with Gasteiger partial charge in [0.1, 0.15) is 10.7 Å². The van der Waals surface area contributed by atoms with E-state index in [1.807, 2.05) is 0 Å². The van der Waals surface area contributed by atoms with E-state index in [0.29, 0.717) is 16.9 Å². The number of hydrogen-bond donors (Lipinski definition) is 2. The van der Waals surface area contributed by atoms with Crippen LogP contribution in [-0.2, 0) is 10.0 Å². The molecule has 3 rings (SSSR count). The lowest BCUT2D eigenvalue weighted by Gasteiger charge is -2.14. The maximum atomic E-state index is 14.1. The number of carbonyl (C=O) groups is 2. The molecule has 0 aliphatic heterocycles. The standard InChI is InChI=1S/C22H20FN3O4S/c1-26(2)31(29,30)20-14-16(12-13-17(20)23)22(28)25-19-11-7-6-10-18(19)24-21(27)15-8-4-3-5-9-15/h3-14H,1-2H3,(H,24,27)(H,25,28). The molecule has 0 aliphatic carbocycles. The van der Waals surface area contributed by atoms with Gasteiger partial charge >= 0.3 is 0 Å². The molecule has 31 heavy (non-hydrogen) atoms. The summed E-state index contributed by atoms with van der Waals surface area (Å²) in [5.74, 6) is -1.97. The summed E-state index contributed by atoms with van der Waals surface area (Å²) in [5, 5.41) is 5.35. The second kappa shape index (κ2) is 9.07. The third kappa shape index (κ3) is 4.96. The quantitative estimate of drug-likeness (QED) is 0.611. The van der Waals surface area contributed by atoms with Crippen LogP contribution < -0.4 is 10.6 Å². The molecular weight excluding hydrogens is 421 g/mol. The first-order valence-electron chi connectivity index (χ1n) is 9.19. The fraction of sp³-hybridized carbons (Fsp3) is 0.0909. The van der Waals surface area contributed by atoms with E-state index in [0.717, 1.165) is 16.4 Å². The minimum atomic E-state index is -4.07. The van der Waals surface area contributed by atoms with E-state index in [1.54, 1.807) is 54.6 Å². The van der Waals surface area contributed by atoms with E-state index in [9.17, 15) is 22.4 Å². The predicted molar refractivity (Wildman–Crippen MR) is 116 cm³/mol. The smallest absolute Gasteiger partial charge is 0.255 e. The van der Waals surface area contributed by atoms with Crippen LogP contribution >= 0.6 is 0 Å². The highest BCUT2D eigenvalue weighted by Crippen LogP contribution is 2.24. The van der Waals surface area contributed by atoms with Crippen LogP contribution in [0.1, 0.15) is 20.7 Å². The second-order valence-electron chi connectivity index (χ2n) is 6.75. The summed E-state index contributed by atoms with van der Waals surface area (Å²) in [6.07, 6.45) is 0. The summed E-state index contributed by atoms with van der Waals surface area (Å²) in [7, 11) is -1.53. The number of benzene rings is 3. The van der Waals surface area contributed by atoms with E-state index in [1.165, 1.54) is 20.2 Å². The molecule has 3 aromatic carbocycles. The van der Waals surface area contributed by atoms with Crippen LogP contribution in [-0.4, -0.2) is 38.6 Å². The zero-order valence-electron chi connectivity index (χ0n) is 16.8. The zero-order chi connectivity index (χ0) is 22.6. The fourth-order valence-corrected chi connectivity index (χ4v) is 3.70. The lowest BCUT2D eigenvalue weighted by atomic mass is 10.1. The Morgan fingerprint density at radius 3 is 1.84 bits per heavy atom. The molecule has 0 radical (unpaired) electrons. The van der Waals surface area contributed by atoms with Crippen LogP contribution in [0.25, 0.3) is 0 Å². The zero-order valence-corrected chi connectivity index (χ0v) is 17.6. The molecule has 0 unspecified atom stereocenters. The van der Waals surface area contributed by atoms with E-state index in [-0.39, 0.29) is 11.5 Å². The first kappa shape index (κ1) is 22.1. The minimum Gasteiger partial charge on any atom is -0.320 e. The summed E-state index contributed by atoms with van der Waals surface area (Å²) in [6.45, 7) is 0. The maximum absolute atomic E-state index is 14.1. The van der Waals surface area contributed by atoms with Gasteiger partial charge in [-0.15, -0.1) is 0 Å². The van der Waals surface area contributed by atoms with E-state index >= 15 is 0 Å². The third-order valence-electron chi connectivity index (χ3n) is 4.41. The van der Waals surface area contributed by atoms with Gasteiger partial charge in [0.15, 0.2) is 0 Å². The van der Waals surface area contributed by atoms with Gasteiger partial charge in [-0.2, -0.15) is 0 Å². The Balaban J connectivity index is 1.86. The Morgan fingerprint density at radius 1 is 0.774 bits per heavy atom. The van der Waals surface area contributed by atoms with Crippen LogP contribution in [0.2, 0.25) is 0 Å². The van der Waals surface area contributed by atoms with Crippen molar-refractivity contribution in [3.63, 3.8) is 0 Å². The number of rotatable bonds is 6. The summed E-state index contributed by atoms with van der Waals surface area (Å²) in [6, 6.07) is 18.2. The number of para-hydroxylation sites is 2. The number of amides is 2. The molecule has 2 amide bonds. The number of halogens is 1. The molecule has 0 saturated heterocycles. The first-order chi connectivity index (χ1) is 14.7. The van der Waals surface area contributed by atoms with Crippen molar-refractivity contribution in [3.8, 4) is 0 Å². The van der Waals surface area contributed by atoms with E-state index in [4.69, 9.17) is 0 Å². The number of carbonyl (C=O) groups excluding carboxylic acids is 2. The molecule has 0 aliphatic rings. The number of nitrogens with one attached hydrogen (secondary N) is 2. The highest BCUT2D eigenvalue weighted by molar-refractivity contribution is 7.89. The van der Waals surface area contributed by atoms with Crippen molar-refractivity contribution in [2.45, 2.75) is 4.90 Å². The molecule has 9 heteroatoms. The lowest BCUT2D eigenvalue weighted by Crippen LogP contribution is -2.24. The summed E-state index contributed by atoms with van der Waals surface area (Å²) in [5.41, 5.74) is 1.05. The SMILES string of the molecule is CN(C)S(=O)(=O)c1cc(C(=O)Nc2ccccc2NC(=O)c2ccccc2)ccc1F. The normalized spacial score (nSPS) is 11.2. The Kier molecular flexibility index (Phi) is 6.47. The monoisotopic (exact) mass is 441 g/mol. The largest absolute Gasteiger partial charge is 0.320 e. The average molecular weight is 441 g/mol. The van der Waals surface area contributed by atoms with Gasteiger partial charge in [-0.25, -0.2) is 17.1 Å².